The first kappa shape index (κ1) is 30.5. The topological polar surface area (TPSA) is 123 Å². The molecule has 222 valence electrons. The van der Waals surface area contributed by atoms with Crippen molar-refractivity contribution in [3.63, 3.8) is 0 Å². The summed E-state index contributed by atoms with van der Waals surface area (Å²) in [4.78, 5) is 12.9. The van der Waals surface area contributed by atoms with Crippen molar-refractivity contribution >= 4 is 16.0 Å². The number of carboxylic acids is 1. The fraction of sp³-hybridized carbons (Fsp3) is 0.429. The van der Waals surface area contributed by atoms with E-state index in [1.54, 1.807) is 11.6 Å². The van der Waals surface area contributed by atoms with Crippen LogP contribution in [0.2, 0.25) is 0 Å². The molecule has 1 saturated carbocycles. The van der Waals surface area contributed by atoms with Gasteiger partial charge in [0, 0.05) is 31.7 Å². The molecule has 2 aromatic carbocycles. The number of rotatable bonds is 10. The van der Waals surface area contributed by atoms with Crippen molar-refractivity contribution in [1.82, 2.24) is 19.6 Å². The van der Waals surface area contributed by atoms with Gasteiger partial charge in [0.15, 0.2) is 5.03 Å². The maximum Gasteiger partial charge on any atom is 0.490 e. The van der Waals surface area contributed by atoms with Crippen LogP contribution < -0.4 is 14.8 Å². The average Bonchev–Trinajstić information content (AvgIpc) is 3.65. The van der Waals surface area contributed by atoms with Crippen LogP contribution in [0, 0.1) is 5.92 Å². The number of nitrogens with one attached hydrogen (secondary N) is 2. The highest BCUT2D eigenvalue weighted by atomic mass is 32.2. The summed E-state index contributed by atoms with van der Waals surface area (Å²) in [7, 11) is -1.92. The van der Waals surface area contributed by atoms with E-state index in [0.29, 0.717) is 6.61 Å². The third-order valence-electron chi connectivity index (χ3n) is 7.00. The van der Waals surface area contributed by atoms with Gasteiger partial charge in [-0.2, -0.15) is 13.2 Å². The minimum atomic E-state index is -5.08. The molecular formula is C28H33F3N4O5S. The van der Waals surface area contributed by atoms with Gasteiger partial charge in [0.25, 0.3) is 10.0 Å². The molecule has 3 N–H and O–H groups in total. The maximum atomic E-state index is 12.6. The highest BCUT2D eigenvalue weighted by molar-refractivity contribution is 7.89. The molecule has 1 aliphatic carbocycles. The van der Waals surface area contributed by atoms with Gasteiger partial charge in [0.2, 0.25) is 0 Å². The summed E-state index contributed by atoms with van der Waals surface area (Å²) in [6.45, 7) is 1.84. The standard InChI is InChI=1S/C26H32N4O3S.C2HF3O2/c1-30-16-26(28-18-30)34(31,32)29-15-21-9-10-25-23(14-21)22(13-20-5-3-2-4-6-20)24(17-33-25)27-12-11-19-7-8-19;3-2(4,5)1(6)7/h2-6,9-10,14,16,18-19,22,24,27,29H,7-8,11-13,15,17H2,1H3;(H,6,7)/t22-,24+;/m1./s1. The quantitative estimate of drug-likeness (QED) is 0.324. The van der Waals surface area contributed by atoms with E-state index >= 15 is 0 Å². The number of carbonyl (C=O) groups is 1. The summed E-state index contributed by atoms with van der Waals surface area (Å²) in [5.41, 5.74) is 3.32. The fourth-order valence-corrected chi connectivity index (χ4v) is 5.62. The van der Waals surface area contributed by atoms with Crippen LogP contribution in [0.25, 0.3) is 0 Å². The Labute approximate surface area is 236 Å². The van der Waals surface area contributed by atoms with Crippen molar-refractivity contribution in [2.45, 2.75) is 55.4 Å². The number of sulfonamides is 1. The van der Waals surface area contributed by atoms with Gasteiger partial charge >= 0.3 is 12.1 Å². The summed E-state index contributed by atoms with van der Waals surface area (Å²) in [6, 6.07) is 16.7. The van der Waals surface area contributed by atoms with Crippen molar-refractivity contribution in [3.05, 3.63) is 77.7 Å². The molecule has 3 aromatic rings. The number of aryl methyl sites for hydroxylation is 1. The van der Waals surface area contributed by atoms with Crippen LogP contribution in [-0.4, -0.2) is 54.4 Å². The van der Waals surface area contributed by atoms with Gasteiger partial charge in [0.05, 0.1) is 6.33 Å². The number of aliphatic carboxylic acids is 1. The van der Waals surface area contributed by atoms with Gasteiger partial charge in [-0.05, 0) is 48.1 Å². The molecule has 0 spiro atoms. The van der Waals surface area contributed by atoms with E-state index in [9.17, 15) is 21.6 Å². The van der Waals surface area contributed by atoms with Crippen molar-refractivity contribution < 1.29 is 36.2 Å². The van der Waals surface area contributed by atoms with E-state index in [1.165, 1.54) is 37.4 Å². The lowest BCUT2D eigenvalue weighted by Crippen LogP contribution is -2.44. The second-order valence-corrected chi connectivity index (χ2v) is 12.0. The molecule has 2 atom stereocenters. The minimum Gasteiger partial charge on any atom is -0.492 e. The molecule has 13 heteroatoms. The van der Waals surface area contributed by atoms with E-state index in [1.807, 2.05) is 18.2 Å². The molecule has 1 aliphatic heterocycles. The van der Waals surface area contributed by atoms with Gasteiger partial charge in [-0.1, -0.05) is 55.3 Å². The van der Waals surface area contributed by atoms with Crippen molar-refractivity contribution in [2.24, 2.45) is 13.0 Å². The van der Waals surface area contributed by atoms with Crippen LogP contribution in [0.4, 0.5) is 13.2 Å². The predicted octanol–water partition coefficient (Wildman–Crippen LogP) is 4.01. The van der Waals surface area contributed by atoms with Crippen LogP contribution in [0.3, 0.4) is 0 Å². The SMILES string of the molecule is Cn1cnc(S(=O)(=O)NCc2ccc3c(c2)[C@@H](Cc2ccccc2)[C@@H](NCCC2CC2)CO3)c1.O=C(O)C(F)(F)F. The molecule has 5 rings (SSSR count). The van der Waals surface area contributed by atoms with Crippen LogP contribution >= 0.6 is 0 Å². The molecule has 0 radical (unpaired) electrons. The Morgan fingerprint density at radius 2 is 1.85 bits per heavy atom. The number of ether oxygens (including phenoxy) is 1. The lowest BCUT2D eigenvalue weighted by Gasteiger charge is -2.35. The summed E-state index contributed by atoms with van der Waals surface area (Å²) in [5.74, 6) is -0.738. The third kappa shape index (κ3) is 8.78. The first-order valence-corrected chi connectivity index (χ1v) is 14.7. The summed E-state index contributed by atoms with van der Waals surface area (Å²) < 4.78 is 67.4. The van der Waals surface area contributed by atoms with Crippen LogP contribution in [0.15, 0.2) is 66.1 Å². The number of aromatic nitrogens is 2. The highest BCUT2D eigenvalue weighted by Gasteiger charge is 2.38. The van der Waals surface area contributed by atoms with Crippen LogP contribution in [-0.2, 0) is 34.8 Å². The van der Waals surface area contributed by atoms with E-state index in [4.69, 9.17) is 14.6 Å². The Morgan fingerprint density at radius 1 is 1.15 bits per heavy atom. The zero-order valence-electron chi connectivity index (χ0n) is 22.5. The van der Waals surface area contributed by atoms with Crippen molar-refractivity contribution in [1.29, 1.82) is 0 Å². The normalized spacial score (nSPS) is 18.5. The van der Waals surface area contributed by atoms with Crippen LogP contribution in [0.5, 0.6) is 5.75 Å². The first-order chi connectivity index (χ1) is 19.4. The van der Waals surface area contributed by atoms with E-state index in [-0.39, 0.29) is 23.5 Å². The molecule has 0 amide bonds. The predicted molar refractivity (Wildman–Crippen MR) is 145 cm³/mol. The molecule has 1 aromatic heterocycles. The van der Waals surface area contributed by atoms with Crippen molar-refractivity contribution in [3.8, 4) is 5.75 Å². The van der Waals surface area contributed by atoms with Gasteiger partial charge in [-0.25, -0.2) is 22.9 Å². The molecule has 0 unspecified atom stereocenters. The zero-order chi connectivity index (χ0) is 29.6. The lowest BCUT2D eigenvalue weighted by molar-refractivity contribution is -0.192. The number of carboxylic acid groups (broad SMARTS) is 1. The number of fused-ring (bicyclic) bond motifs is 1. The molecule has 1 fully saturated rings. The monoisotopic (exact) mass is 594 g/mol. The van der Waals surface area contributed by atoms with Gasteiger partial charge in [-0.3, -0.25) is 0 Å². The molecule has 0 saturated heterocycles. The Bertz CT molecular complexity index is 1430. The lowest BCUT2D eigenvalue weighted by atomic mass is 9.83. The first-order valence-electron chi connectivity index (χ1n) is 13.2. The summed E-state index contributed by atoms with van der Waals surface area (Å²) >= 11 is 0. The summed E-state index contributed by atoms with van der Waals surface area (Å²) in [6.07, 6.45) is 2.73. The maximum absolute atomic E-state index is 12.6. The van der Waals surface area contributed by atoms with Gasteiger partial charge in [0.1, 0.15) is 12.4 Å². The van der Waals surface area contributed by atoms with Gasteiger partial charge in [-0.15, -0.1) is 0 Å². The smallest absolute Gasteiger partial charge is 0.490 e. The number of benzene rings is 2. The second-order valence-electron chi connectivity index (χ2n) is 10.3. The van der Waals surface area contributed by atoms with Crippen molar-refractivity contribution in [2.75, 3.05) is 13.2 Å². The second kappa shape index (κ2) is 13.0. The molecule has 9 nitrogen and oxygen atoms in total. The average molecular weight is 595 g/mol. The molecule has 41 heavy (non-hydrogen) atoms. The highest BCUT2D eigenvalue weighted by Crippen LogP contribution is 2.37. The molecular weight excluding hydrogens is 561 g/mol. The Hall–Kier alpha value is -3.42. The van der Waals surface area contributed by atoms with Crippen LogP contribution in [0.1, 0.15) is 41.9 Å². The number of alkyl halides is 3. The fourth-order valence-electron chi connectivity index (χ4n) is 4.62. The van der Waals surface area contributed by atoms with Gasteiger partial charge < -0.3 is 19.7 Å². The number of hydrogen-bond acceptors (Lipinski definition) is 6. The summed E-state index contributed by atoms with van der Waals surface area (Å²) in [5, 5.41) is 10.9. The largest absolute Gasteiger partial charge is 0.492 e. The van der Waals surface area contributed by atoms with E-state index in [2.05, 4.69) is 45.4 Å². The number of imidazole rings is 1. The Balaban J connectivity index is 0.000000493. The Kier molecular flexibility index (Phi) is 9.72. The minimum absolute atomic E-state index is 0.0261. The number of halogens is 3. The van der Waals surface area contributed by atoms with E-state index in [0.717, 1.165) is 35.8 Å². The van der Waals surface area contributed by atoms with E-state index < -0.39 is 22.2 Å². The molecule has 0 bridgehead atoms. The Morgan fingerprint density at radius 3 is 2.46 bits per heavy atom. The molecule has 2 heterocycles. The number of hydrogen-bond donors (Lipinski definition) is 3. The third-order valence-corrected chi connectivity index (χ3v) is 8.28. The zero-order valence-corrected chi connectivity index (χ0v) is 23.3. The number of nitrogens with zero attached hydrogens (tertiary/aromatic N) is 2. The molecule has 2 aliphatic rings.